The van der Waals surface area contributed by atoms with E-state index in [0.717, 1.165) is 44.9 Å². The highest BCUT2D eigenvalue weighted by Gasteiger charge is 2.66. The standard InChI is InChI=1S/C20H27FN4O.HI/c21-14-2-4-15(5-3-14)24-9-11-25(12-10-24)19(22)23-17-16-6-13-26-18(16)20(17)7-1-8-20;/h2-5,16-18H,1,6-13H2,(H2,22,23);1H. The number of anilines is 1. The van der Waals surface area contributed by atoms with Gasteiger partial charge in [-0.2, -0.15) is 0 Å². The van der Waals surface area contributed by atoms with Crippen LogP contribution in [0.4, 0.5) is 10.1 Å². The van der Waals surface area contributed by atoms with Gasteiger partial charge in [-0.1, -0.05) is 6.42 Å². The summed E-state index contributed by atoms with van der Waals surface area (Å²) >= 11 is 0. The highest BCUT2D eigenvalue weighted by Crippen LogP contribution is 2.64. The van der Waals surface area contributed by atoms with Crippen molar-refractivity contribution < 1.29 is 9.13 Å². The summed E-state index contributed by atoms with van der Waals surface area (Å²) in [6.07, 6.45) is 5.36. The van der Waals surface area contributed by atoms with E-state index in [1.165, 1.54) is 31.4 Å². The number of ether oxygens (including phenoxy) is 1. The minimum atomic E-state index is -0.191. The Morgan fingerprint density at radius 1 is 1.15 bits per heavy atom. The minimum absolute atomic E-state index is 0. The molecule has 27 heavy (non-hydrogen) atoms. The number of fused-ring (bicyclic) bond motifs is 2. The number of benzene rings is 1. The second-order valence-electron chi connectivity index (χ2n) is 8.21. The predicted molar refractivity (Wildman–Crippen MR) is 115 cm³/mol. The van der Waals surface area contributed by atoms with Gasteiger partial charge in [0.05, 0.1) is 12.1 Å². The first-order valence-electron chi connectivity index (χ1n) is 9.88. The van der Waals surface area contributed by atoms with Crippen LogP contribution >= 0.6 is 24.0 Å². The zero-order valence-electron chi connectivity index (χ0n) is 15.5. The van der Waals surface area contributed by atoms with Gasteiger partial charge in [0.2, 0.25) is 0 Å². The molecule has 148 valence electrons. The van der Waals surface area contributed by atoms with Crippen molar-refractivity contribution in [1.29, 1.82) is 0 Å². The van der Waals surface area contributed by atoms with Crippen LogP contribution in [0.2, 0.25) is 0 Å². The smallest absolute Gasteiger partial charge is 0.191 e. The topological polar surface area (TPSA) is 54.1 Å². The van der Waals surface area contributed by atoms with Crippen molar-refractivity contribution in [2.75, 3.05) is 37.7 Å². The SMILES string of the molecule is I.NC(=NC1C2CCOC2C12CCC2)N1CCN(c2ccc(F)cc2)CC1. The predicted octanol–water partition coefficient (Wildman–Crippen LogP) is 2.84. The van der Waals surface area contributed by atoms with E-state index in [1.54, 1.807) is 0 Å². The third-order valence-electron chi connectivity index (χ3n) is 7.05. The third kappa shape index (κ3) is 3.10. The van der Waals surface area contributed by atoms with Gasteiger partial charge < -0.3 is 20.3 Å². The van der Waals surface area contributed by atoms with Crippen LogP contribution in [0.1, 0.15) is 25.7 Å². The molecular formula is C20H28FIN4O. The molecule has 2 heterocycles. The van der Waals surface area contributed by atoms with Crippen LogP contribution in [0.25, 0.3) is 0 Å². The normalized spacial score (nSPS) is 31.7. The van der Waals surface area contributed by atoms with Gasteiger partial charge >= 0.3 is 0 Å². The molecule has 4 fully saturated rings. The van der Waals surface area contributed by atoms with Crippen molar-refractivity contribution in [2.24, 2.45) is 22.1 Å². The van der Waals surface area contributed by atoms with Gasteiger partial charge in [-0.25, -0.2) is 9.38 Å². The molecule has 4 aliphatic rings. The van der Waals surface area contributed by atoms with Crippen LogP contribution in [-0.4, -0.2) is 55.8 Å². The van der Waals surface area contributed by atoms with Crippen molar-refractivity contribution in [3.05, 3.63) is 30.1 Å². The van der Waals surface area contributed by atoms with E-state index in [2.05, 4.69) is 9.80 Å². The maximum Gasteiger partial charge on any atom is 0.191 e. The molecule has 3 atom stereocenters. The summed E-state index contributed by atoms with van der Waals surface area (Å²) in [6.45, 7) is 4.37. The van der Waals surface area contributed by atoms with E-state index < -0.39 is 0 Å². The summed E-state index contributed by atoms with van der Waals surface area (Å²) in [6, 6.07) is 7.09. The third-order valence-corrected chi connectivity index (χ3v) is 7.05. The summed E-state index contributed by atoms with van der Waals surface area (Å²) in [5.41, 5.74) is 7.78. The van der Waals surface area contributed by atoms with E-state index >= 15 is 0 Å². The van der Waals surface area contributed by atoms with Crippen molar-refractivity contribution in [2.45, 2.75) is 37.8 Å². The number of nitrogens with zero attached hydrogens (tertiary/aromatic N) is 3. The summed E-state index contributed by atoms with van der Waals surface area (Å²) in [4.78, 5) is 9.49. The molecule has 2 saturated heterocycles. The first kappa shape index (κ1) is 19.2. The van der Waals surface area contributed by atoms with Crippen LogP contribution in [-0.2, 0) is 4.74 Å². The monoisotopic (exact) mass is 486 g/mol. The van der Waals surface area contributed by atoms with Crippen molar-refractivity contribution in [1.82, 2.24) is 4.90 Å². The number of rotatable bonds is 2. The fraction of sp³-hybridized carbons (Fsp3) is 0.650. The quantitative estimate of drug-likeness (QED) is 0.397. The highest BCUT2D eigenvalue weighted by molar-refractivity contribution is 14.0. The minimum Gasteiger partial charge on any atom is -0.377 e. The van der Waals surface area contributed by atoms with Gasteiger partial charge in [-0.3, -0.25) is 0 Å². The maximum absolute atomic E-state index is 13.1. The zero-order chi connectivity index (χ0) is 17.7. The lowest BCUT2D eigenvalue weighted by molar-refractivity contribution is -0.164. The number of aliphatic imine (C=N–C) groups is 1. The number of piperazine rings is 1. The molecule has 1 spiro atoms. The van der Waals surface area contributed by atoms with E-state index in [0.29, 0.717) is 29.4 Å². The molecule has 2 saturated carbocycles. The van der Waals surface area contributed by atoms with Crippen LogP contribution in [0, 0.1) is 17.2 Å². The molecule has 7 heteroatoms. The van der Waals surface area contributed by atoms with Gasteiger partial charge in [0.15, 0.2) is 5.96 Å². The second kappa shape index (κ2) is 7.39. The first-order chi connectivity index (χ1) is 12.7. The van der Waals surface area contributed by atoms with Crippen molar-refractivity contribution in [3.8, 4) is 0 Å². The maximum atomic E-state index is 13.1. The Morgan fingerprint density at radius 3 is 2.48 bits per heavy atom. The lowest BCUT2D eigenvalue weighted by atomic mass is 9.46. The molecule has 5 nitrogen and oxygen atoms in total. The van der Waals surface area contributed by atoms with E-state index in [4.69, 9.17) is 15.5 Å². The second-order valence-corrected chi connectivity index (χ2v) is 8.21. The Bertz CT molecular complexity index is 700. The van der Waals surface area contributed by atoms with E-state index in [1.807, 2.05) is 12.1 Å². The average Bonchev–Trinajstić information content (AvgIpc) is 3.04. The Balaban J connectivity index is 0.00000180. The molecule has 2 aliphatic carbocycles. The Hall–Kier alpha value is -1.09. The van der Waals surface area contributed by atoms with Crippen LogP contribution < -0.4 is 10.6 Å². The summed E-state index contributed by atoms with van der Waals surface area (Å²) in [5, 5.41) is 0. The highest BCUT2D eigenvalue weighted by atomic mass is 127. The number of hydrogen-bond acceptors (Lipinski definition) is 3. The fourth-order valence-electron chi connectivity index (χ4n) is 5.46. The molecule has 0 radical (unpaired) electrons. The Kier molecular flexibility index (Phi) is 5.26. The number of halogens is 2. The molecule has 2 N–H and O–H groups in total. The van der Waals surface area contributed by atoms with Crippen LogP contribution in [0.3, 0.4) is 0 Å². The van der Waals surface area contributed by atoms with Gasteiger partial charge in [-0.05, 0) is 43.5 Å². The molecule has 0 bridgehead atoms. The van der Waals surface area contributed by atoms with Gasteiger partial charge in [0.1, 0.15) is 5.82 Å². The van der Waals surface area contributed by atoms with E-state index in [-0.39, 0.29) is 29.8 Å². The molecule has 1 aromatic rings. The number of guanidine groups is 1. The van der Waals surface area contributed by atoms with Gasteiger partial charge in [0.25, 0.3) is 0 Å². The molecule has 3 unspecified atom stereocenters. The summed E-state index contributed by atoms with van der Waals surface area (Å²) < 4.78 is 19.1. The number of hydrogen-bond donors (Lipinski definition) is 1. The molecule has 1 aromatic carbocycles. The van der Waals surface area contributed by atoms with Gasteiger partial charge in [0, 0.05) is 49.8 Å². The summed E-state index contributed by atoms with van der Waals surface area (Å²) in [7, 11) is 0. The molecule has 0 amide bonds. The largest absolute Gasteiger partial charge is 0.377 e. The van der Waals surface area contributed by atoms with Gasteiger partial charge in [-0.15, -0.1) is 24.0 Å². The van der Waals surface area contributed by atoms with Crippen LogP contribution in [0.5, 0.6) is 0 Å². The molecule has 5 rings (SSSR count). The molecule has 2 aliphatic heterocycles. The number of nitrogens with two attached hydrogens (primary N) is 1. The lowest BCUT2D eigenvalue weighted by Gasteiger charge is -2.61. The van der Waals surface area contributed by atoms with Crippen LogP contribution in [0.15, 0.2) is 29.3 Å². The van der Waals surface area contributed by atoms with Crippen molar-refractivity contribution in [3.63, 3.8) is 0 Å². The lowest BCUT2D eigenvalue weighted by Crippen LogP contribution is -2.66. The zero-order valence-corrected chi connectivity index (χ0v) is 17.8. The average molecular weight is 486 g/mol. The molecule has 0 aromatic heterocycles. The summed E-state index contributed by atoms with van der Waals surface area (Å²) in [5.74, 6) is 1.09. The molecular weight excluding hydrogens is 458 g/mol. The fourth-order valence-corrected chi connectivity index (χ4v) is 5.46. The van der Waals surface area contributed by atoms with E-state index in [9.17, 15) is 4.39 Å². The Morgan fingerprint density at radius 2 is 1.85 bits per heavy atom. The Labute approximate surface area is 177 Å². The first-order valence-corrected chi connectivity index (χ1v) is 9.88. The van der Waals surface area contributed by atoms with Crippen molar-refractivity contribution >= 4 is 35.6 Å².